The molecule has 108 valence electrons. The highest BCUT2D eigenvalue weighted by Gasteiger charge is 2.53. The van der Waals surface area contributed by atoms with Crippen LogP contribution in [0.25, 0.3) is 0 Å². The van der Waals surface area contributed by atoms with Crippen LogP contribution in [0.3, 0.4) is 0 Å². The van der Waals surface area contributed by atoms with Crippen molar-refractivity contribution in [3.63, 3.8) is 0 Å². The molecule has 1 aromatic heterocycles. The molecule has 0 spiro atoms. The van der Waals surface area contributed by atoms with Crippen LogP contribution in [0.5, 0.6) is 0 Å². The molecule has 20 heavy (non-hydrogen) atoms. The summed E-state index contributed by atoms with van der Waals surface area (Å²) in [4.78, 5) is 7.13. The van der Waals surface area contributed by atoms with Crippen molar-refractivity contribution < 1.29 is 9.26 Å². The topological polar surface area (TPSA) is 51.4 Å². The number of likely N-dealkylation sites (tertiary alicyclic amines) is 1. The van der Waals surface area contributed by atoms with Crippen LogP contribution in [0.15, 0.2) is 4.52 Å². The predicted octanol–water partition coefficient (Wildman–Crippen LogP) is 2.12. The van der Waals surface area contributed by atoms with Gasteiger partial charge in [-0.25, -0.2) is 0 Å². The first kappa shape index (κ1) is 11.7. The Kier molecular flexibility index (Phi) is 2.36. The molecule has 4 aliphatic rings. The Morgan fingerprint density at radius 1 is 1.10 bits per heavy atom. The Morgan fingerprint density at radius 2 is 1.80 bits per heavy atom. The van der Waals surface area contributed by atoms with E-state index in [0.29, 0.717) is 18.1 Å². The second kappa shape index (κ2) is 4.04. The zero-order valence-electron chi connectivity index (χ0n) is 11.9. The molecule has 0 aromatic carbocycles. The molecule has 3 saturated heterocycles. The summed E-state index contributed by atoms with van der Waals surface area (Å²) >= 11 is 0. The maximum atomic E-state index is 6.04. The van der Waals surface area contributed by atoms with Crippen molar-refractivity contribution in [1.82, 2.24) is 15.0 Å². The van der Waals surface area contributed by atoms with Gasteiger partial charge in [0.25, 0.3) is 0 Å². The molecular formula is C15H21N3O2. The lowest BCUT2D eigenvalue weighted by Crippen LogP contribution is -2.28. The fourth-order valence-electron chi connectivity index (χ4n) is 4.39. The SMILES string of the molecule is C[C@H](c1nc(C2CC2)no1)N1C[C@@H]2[C@@H](C1)[C@H]1CC[C@H]2O1. The Bertz CT molecular complexity index is 509. The monoisotopic (exact) mass is 275 g/mol. The van der Waals surface area contributed by atoms with Gasteiger partial charge in [0, 0.05) is 30.8 Å². The van der Waals surface area contributed by atoms with E-state index in [1.54, 1.807) is 0 Å². The highest BCUT2D eigenvalue weighted by Crippen LogP contribution is 2.48. The summed E-state index contributed by atoms with van der Waals surface area (Å²) in [5.74, 6) is 3.78. The molecule has 0 amide bonds. The minimum atomic E-state index is 0.250. The van der Waals surface area contributed by atoms with Crippen molar-refractivity contribution in [2.75, 3.05) is 13.1 Å². The average molecular weight is 275 g/mol. The molecule has 1 saturated carbocycles. The molecule has 1 aliphatic carbocycles. The zero-order valence-corrected chi connectivity index (χ0v) is 11.9. The van der Waals surface area contributed by atoms with Crippen LogP contribution in [0, 0.1) is 11.8 Å². The third kappa shape index (κ3) is 1.62. The summed E-state index contributed by atoms with van der Waals surface area (Å²) in [5, 5.41) is 4.15. The third-order valence-electron chi connectivity index (χ3n) is 5.79. The average Bonchev–Trinajstić information content (AvgIpc) is 2.94. The second-order valence-corrected chi connectivity index (χ2v) is 7.01. The number of ether oxygens (including phenoxy) is 1. The first-order valence-electron chi connectivity index (χ1n) is 8.02. The highest BCUT2D eigenvalue weighted by molar-refractivity contribution is 5.07. The first-order chi connectivity index (χ1) is 9.79. The van der Waals surface area contributed by atoms with Crippen LogP contribution < -0.4 is 0 Å². The van der Waals surface area contributed by atoms with E-state index in [1.165, 1.54) is 25.7 Å². The summed E-state index contributed by atoms with van der Waals surface area (Å²) in [6.07, 6.45) is 6.02. The maximum Gasteiger partial charge on any atom is 0.243 e. The van der Waals surface area contributed by atoms with E-state index >= 15 is 0 Å². The first-order valence-corrected chi connectivity index (χ1v) is 8.02. The summed E-state index contributed by atoms with van der Waals surface area (Å²) in [6, 6.07) is 0.250. The van der Waals surface area contributed by atoms with Gasteiger partial charge in [0.2, 0.25) is 5.89 Å². The van der Waals surface area contributed by atoms with Crippen LogP contribution in [0.1, 0.15) is 56.3 Å². The van der Waals surface area contributed by atoms with Crippen molar-refractivity contribution in [2.24, 2.45) is 11.8 Å². The Hall–Kier alpha value is -0.940. The zero-order chi connectivity index (χ0) is 13.3. The largest absolute Gasteiger partial charge is 0.374 e. The standard InChI is InChI=1S/C15H21N3O2/c1-8(15-16-14(17-20-15)9-2-3-9)18-6-10-11(7-18)13-5-4-12(10)19-13/h8-13H,2-7H2,1H3/t8-,10-,11-,12-,13-/m1/s1. The van der Waals surface area contributed by atoms with Gasteiger partial charge in [0.05, 0.1) is 18.2 Å². The van der Waals surface area contributed by atoms with Gasteiger partial charge >= 0.3 is 0 Å². The van der Waals surface area contributed by atoms with Crippen LogP contribution in [0.4, 0.5) is 0 Å². The number of fused-ring (bicyclic) bond motifs is 5. The third-order valence-corrected chi connectivity index (χ3v) is 5.79. The van der Waals surface area contributed by atoms with Crippen molar-refractivity contribution in [3.05, 3.63) is 11.7 Å². The summed E-state index contributed by atoms with van der Waals surface area (Å²) in [5.41, 5.74) is 0. The van der Waals surface area contributed by atoms with E-state index in [2.05, 4.69) is 22.0 Å². The van der Waals surface area contributed by atoms with Crippen LogP contribution >= 0.6 is 0 Å². The van der Waals surface area contributed by atoms with Gasteiger partial charge in [0.1, 0.15) is 0 Å². The molecule has 1 aromatic rings. The van der Waals surface area contributed by atoms with Crippen LogP contribution in [-0.4, -0.2) is 40.3 Å². The minimum Gasteiger partial charge on any atom is -0.374 e. The smallest absolute Gasteiger partial charge is 0.243 e. The minimum absolute atomic E-state index is 0.250. The van der Waals surface area contributed by atoms with E-state index in [9.17, 15) is 0 Å². The summed E-state index contributed by atoms with van der Waals surface area (Å²) in [7, 11) is 0. The van der Waals surface area contributed by atoms with E-state index in [-0.39, 0.29) is 6.04 Å². The number of hydrogen-bond donors (Lipinski definition) is 0. The number of hydrogen-bond acceptors (Lipinski definition) is 5. The summed E-state index contributed by atoms with van der Waals surface area (Å²) < 4.78 is 11.5. The predicted molar refractivity (Wildman–Crippen MR) is 71.1 cm³/mol. The van der Waals surface area contributed by atoms with Crippen molar-refractivity contribution >= 4 is 0 Å². The van der Waals surface area contributed by atoms with Gasteiger partial charge in [-0.05, 0) is 32.6 Å². The Morgan fingerprint density at radius 3 is 2.45 bits per heavy atom. The molecule has 2 bridgehead atoms. The lowest BCUT2D eigenvalue weighted by atomic mass is 9.82. The molecule has 5 heteroatoms. The Labute approximate surface area is 118 Å². The fraction of sp³-hybridized carbons (Fsp3) is 0.867. The molecule has 5 atom stereocenters. The van der Waals surface area contributed by atoms with E-state index < -0.39 is 0 Å². The lowest BCUT2D eigenvalue weighted by Gasteiger charge is -2.22. The normalized spacial score (nSPS) is 41.2. The highest BCUT2D eigenvalue weighted by atomic mass is 16.5. The van der Waals surface area contributed by atoms with Crippen LogP contribution in [0.2, 0.25) is 0 Å². The van der Waals surface area contributed by atoms with E-state index in [4.69, 9.17) is 9.26 Å². The van der Waals surface area contributed by atoms with Gasteiger partial charge in [-0.1, -0.05) is 5.16 Å². The fourth-order valence-corrected chi connectivity index (χ4v) is 4.39. The number of aromatic nitrogens is 2. The molecule has 4 heterocycles. The number of rotatable bonds is 3. The lowest BCUT2D eigenvalue weighted by molar-refractivity contribution is 0.0626. The maximum absolute atomic E-state index is 6.04. The quantitative estimate of drug-likeness (QED) is 0.845. The molecule has 0 N–H and O–H groups in total. The van der Waals surface area contributed by atoms with Gasteiger partial charge in [-0.15, -0.1) is 0 Å². The molecule has 5 rings (SSSR count). The summed E-state index contributed by atoms with van der Waals surface area (Å²) in [6.45, 7) is 4.47. The van der Waals surface area contributed by atoms with E-state index in [0.717, 1.165) is 36.6 Å². The van der Waals surface area contributed by atoms with Crippen molar-refractivity contribution in [3.8, 4) is 0 Å². The molecule has 5 nitrogen and oxygen atoms in total. The molecular weight excluding hydrogens is 254 g/mol. The van der Waals surface area contributed by atoms with Gasteiger partial charge in [0.15, 0.2) is 5.82 Å². The van der Waals surface area contributed by atoms with Crippen molar-refractivity contribution in [2.45, 2.75) is 56.8 Å². The van der Waals surface area contributed by atoms with Crippen LogP contribution in [-0.2, 0) is 4.74 Å². The number of nitrogens with zero attached hydrogens (tertiary/aromatic N) is 3. The van der Waals surface area contributed by atoms with Gasteiger partial charge in [-0.2, -0.15) is 4.98 Å². The van der Waals surface area contributed by atoms with E-state index in [1.807, 2.05) is 0 Å². The van der Waals surface area contributed by atoms with Gasteiger partial charge < -0.3 is 9.26 Å². The Balaban J connectivity index is 1.33. The molecule has 0 unspecified atom stereocenters. The van der Waals surface area contributed by atoms with Crippen molar-refractivity contribution in [1.29, 1.82) is 0 Å². The van der Waals surface area contributed by atoms with Gasteiger partial charge in [-0.3, -0.25) is 4.90 Å². The molecule has 0 radical (unpaired) electrons. The second-order valence-electron chi connectivity index (χ2n) is 7.01. The molecule has 3 aliphatic heterocycles. The molecule has 4 fully saturated rings.